The fourth-order valence-corrected chi connectivity index (χ4v) is 4.42. The van der Waals surface area contributed by atoms with E-state index in [9.17, 15) is 13.2 Å². The Kier molecular flexibility index (Phi) is 7.02. The minimum absolute atomic E-state index is 0.0566. The second-order valence-corrected chi connectivity index (χ2v) is 8.93. The zero-order valence-corrected chi connectivity index (χ0v) is 18.1. The van der Waals surface area contributed by atoms with Gasteiger partial charge in [-0.2, -0.15) is 0 Å². The van der Waals surface area contributed by atoms with Crippen molar-refractivity contribution in [2.24, 2.45) is 0 Å². The standard InChI is InChI=1S/C19H23BrN2O4S/c1-13(2)21-27(24,25)18-11-14(9-10-17(18)26-4)19(23)22(3)12-15-7-5-6-8-16(15)20/h5-11,13,21H,12H2,1-4H3. The van der Waals surface area contributed by atoms with Gasteiger partial charge in [-0.1, -0.05) is 34.1 Å². The lowest BCUT2D eigenvalue weighted by atomic mass is 10.1. The molecule has 0 radical (unpaired) electrons. The number of halogens is 1. The Labute approximate surface area is 168 Å². The summed E-state index contributed by atoms with van der Waals surface area (Å²) in [6.45, 7) is 3.84. The SMILES string of the molecule is COc1ccc(C(=O)N(C)Cc2ccccc2Br)cc1S(=O)(=O)NC(C)C. The summed E-state index contributed by atoms with van der Waals surface area (Å²) in [5, 5.41) is 0. The molecule has 1 amide bonds. The third-order valence-corrected chi connectivity index (χ3v) is 6.26. The Morgan fingerprint density at radius 3 is 2.48 bits per heavy atom. The predicted molar refractivity (Wildman–Crippen MR) is 108 cm³/mol. The van der Waals surface area contributed by atoms with Crippen LogP contribution in [0.1, 0.15) is 29.8 Å². The first kappa shape index (κ1) is 21.4. The number of nitrogens with zero attached hydrogens (tertiary/aromatic N) is 1. The van der Waals surface area contributed by atoms with E-state index in [-0.39, 0.29) is 28.2 Å². The predicted octanol–water partition coefficient (Wildman–Crippen LogP) is 3.42. The van der Waals surface area contributed by atoms with E-state index < -0.39 is 10.0 Å². The van der Waals surface area contributed by atoms with Gasteiger partial charge >= 0.3 is 0 Å². The van der Waals surface area contributed by atoms with Crippen LogP contribution in [0.3, 0.4) is 0 Å². The summed E-state index contributed by atoms with van der Waals surface area (Å²) in [7, 11) is -0.737. The number of hydrogen-bond acceptors (Lipinski definition) is 4. The maximum absolute atomic E-state index is 12.8. The third-order valence-electron chi connectivity index (χ3n) is 3.80. The van der Waals surface area contributed by atoms with Crippen LogP contribution in [0.15, 0.2) is 51.8 Å². The number of hydrogen-bond donors (Lipinski definition) is 1. The molecule has 0 saturated carbocycles. The molecule has 0 spiro atoms. The van der Waals surface area contributed by atoms with Gasteiger partial charge in [0.05, 0.1) is 7.11 Å². The van der Waals surface area contributed by atoms with Crippen molar-refractivity contribution in [1.29, 1.82) is 0 Å². The van der Waals surface area contributed by atoms with Crippen LogP contribution in [0.5, 0.6) is 5.75 Å². The van der Waals surface area contributed by atoms with E-state index in [2.05, 4.69) is 20.7 Å². The van der Waals surface area contributed by atoms with Crippen LogP contribution in [0.25, 0.3) is 0 Å². The third kappa shape index (κ3) is 5.31. The normalized spacial score (nSPS) is 11.5. The number of rotatable bonds is 7. The molecule has 1 N–H and O–H groups in total. The second kappa shape index (κ2) is 8.86. The minimum Gasteiger partial charge on any atom is -0.495 e. The lowest BCUT2D eigenvalue weighted by Crippen LogP contribution is -2.31. The van der Waals surface area contributed by atoms with Crippen molar-refractivity contribution in [3.05, 3.63) is 58.1 Å². The molecule has 0 aliphatic heterocycles. The molecular weight excluding hydrogens is 432 g/mol. The van der Waals surface area contributed by atoms with Crippen molar-refractivity contribution in [2.45, 2.75) is 31.3 Å². The van der Waals surface area contributed by atoms with E-state index in [1.165, 1.54) is 24.1 Å². The fourth-order valence-electron chi connectivity index (χ4n) is 2.57. The number of methoxy groups -OCH3 is 1. The Balaban J connectivity index is 2.34. The van der Waals surface area contributed by atoms with Crippen molar-refractivity contribution >= 4 is 31.9 Å². The molecular formula is C19H23BrN2O4S. The first-order valence-corrected chi connectivity index (χ1v) is 10.6. The summed E-state index contributed by atoms with van der Waals surface area (Å²) in [6.07, 6.45) is 0. The van der Waals surface area contributed by atoms with Gasteiger partial charge in [0.25, 0.3) is 5.91 Å². The monoisotopic (exact) mass is 454 g/mol. The number of nitrogens with one attached hydrogen (secondary N) is 1. The molecule has 0 heterocycles. The molecule has 0 aliphatic carbocycles. The molecule has 6 nitrogen and oxygen atoms in total. The van der Waals surface area contributed by atoms with Gasteiger partial charge in [-0.15, -0.1) is 0 Å². The Hall–Kier alpha value is -1.90. The minimum atomic E-state index is -3.80. The number of amides is 1. The van der Waals surface area contributed by atoms with Crippen molar-refractivity contribution in [2.75, 3.05) is 14.2 Å². The lowest BCUT2D eigenvalue weighted by molar-refractivity contribution is 0.0784. The first-order valence-electron chi connectivity index (χ1n) is 8.35. The largest absolute Gasteiger partial charge is 0.495 e. The van der Waals surface area contributed by atoms with Crippen LogP contribution >= 0.6 is 15.9 Å². The van der Waals surface area contributed by atoms with Gasteiger partial charge in [0, 0.05) is 29.7 Å². The number of carbonyl (C=O) groups excluding carboxylic acids is 1. The second-order valence-electron chi connectivity index (χ2n) is 6.39. The smallest absolute Gasteiger partial charge is 0.253 e. The number of carbonyl (C=O) groups is 1. The zero-order chi connectivity index (χ0) is 20.2. The zero-order valence-electron chi connectivity index (χ0n) is 15.7. The maximum atomic E-state index is 12.8. The molecule has 2 aromatic rings. The average Bonchev–Trinajstić information content (AvgIpc) is 2.61. The first-order chi connectivity index (χ1) is 12.7. The molecule has 0 aromatic heterocycles. The molecule has 27 heavy (non-hydrogen) atoms. The van der Waals surface area contributed by atoms with Gasteiger partial charge in [0.2, 0.25) is 10.0 Å². The summed E-state index contributed by atoms with van der Waals surface area (Å²) in [4.78, 5) is 14.3. The van der Waals surface area contributed by atoms with Gasteiger partial charge in [-0.3, -0.25) is 4.79 Å². The van der Waals surface area contributed by atoms with E-state index in [0.717, 1.165) is 10.0 Å². The van der Waals surface area contributed by atoms with Crippen LogP contribution in [-0.2, 0) is 16.6 Å². The van der Waals surface area contributed by atoms with Crippen LogP contribution in [0, 0.1) is 0 Å². The molecule has 0 unspecified atom stereocenters. The van der Waals surface area contributed by atoms with Crippen LogP contribution in [0.2, 0.25) is 0 Å². The maximum Gasteiger partial charge on any atom is 0.253 e. The molecule has 8 heteroatoms. The van der Waals surface area contributed by atoms with Gasteiger partial charge in [-0.05, 0) is 43.7 Å². The highest BCUT2D eigenvalue weighted by molar-refractivity contribution is 9.10. The molecule has 0 aliphatic rings. The molecule has 2 rings (SSSR count). The molecule has 146 valence electrons. The molecule has 0 atom stereocenters. The molecule has 0 saturated heterocycles. The summed E-state index contributed by atoms with van der Waals surface area (Å²) >= 11 is 3.47. The van der Waals surface area contributed by atoms with E-state index in [0.29, 0.717) is 6.54 Å². The highest BCUT2D eigenvalue weighted by Gasteiger charge is 2.23. The topological polar surface area (TPSA) is 75.7 Å². The Bertz CT molecular complexity index is 929. The highest BCUT2D eigenvalue weighted by Crippen LogP contribution is 2.26. The summed E-state index contributed by atoms with van der Waals surface area (Å²) in [6, 6.07) is 11.7. The van der Waals surface area contributed by atoms with E-state index in [1.54, 1.807) is 27.0 Å². The quantitative estimate of drug-likeness (QED) is 0.695. The van der Waals surface area contributed by atoms with E-state index >= 15 is 0 Å². The van der Waals surface area contributed by atoms with Crippen molar-refractivity contribution < 1.29 is 17.9 Å². The highest BCUT2D eigenvalue weighted by atomic mass is 79.9. The molecule has 2 aromatic carbocycles. The number of benzene rings is 2. The van der Waals surface area contributed by atoms with Crippen LogP contribution in [0.4, 0.5) is 0 Å². The number of sulfonamides is 1. The van der Waals surface area contributed by atoms with Crippen molar-refractivity contribution in [3.63, 3.8) is 0 Å². The average molecular weight is 455 g/mol. The molecule has 0 fully saturated rings. The lowest BCUT2D eigenvalue weighted by Gasteiger charge is -2.19. The van der Waals surface area contributed by atoms with E-state index in [1.807, 2.05) is 24.3 Å². The van der Waals surface area contributed by atoms with Crippen LogP contribution in [-0.4, -0.2) is 39.4 Å². The van der Waals surface area contributed by atoms with Gasteiger partial charge in [-0.25, -0.2) is 13.1 Å². The number of ether oxygens (including phenoxy) is 1. The van der Waals surface area contributed by atoms with Crippen molar-refractivity contribution in [3.8, 4) is 5.75 Å². The van der Waals surface area contributed by atoms with Gasteiger partial charge < -0.3 is 9.64 Å². The van der Waals surface area contributed by atoms with E-state index in [4.69, 9.17) is 4.74 Å². The summed E-state index contributed by atoms with van der Waals surface area (Å²) < 4.78 is 33.8. The van der Waals surface area contributed by atoms with Gasteiger partial charge in [0.1, 0.15) is 10.6 Å². The van der Waals surface area contributed by atoms with Crippen molar-refractivity contribution in [1.82, 2.24) is 9.62 Å². The Morgan fingerprint density at radius 1 is 1.22 bits per heavy atom. The van der Waals surface area contributed by atoms with Crippen LogP contribution < -0.4 is 9.46 Å². The Morgan fingerprint density at radius 2 is 1.89 bits per heavy atom. The summed E-state index contributed by atoms with van der Waals surface area (Å²) in [5.41, 5.74) is 1.23. The van der Waals surface area contributed by atoms with Gasteiger partial charge in [0.15, 0.2) is 0 Å². The summed E-state index contributed by atoms with van der Waals surface area (Å²) in [5.74, 6) is -0.0949. The molecule has 0 bridgehead atoms. The fraction of sp³-hybridized carbons (Fsp3) is 0.316.